The van der Waals surface area contributed by atoms with Crippen molar-refractivity contribution in [2.24, 2.45) is 0 Å². The number of benzene rings is 2. The van der Waals surface area contributed by atoms with Crippen LogP contribution >= 0.6 is 0 Å². The summed E-state index contributed by atoms with van der Waals surface area (Å²) >= 11 is 0. The molecule has 38 heavy (non-hydrogen) atoms. The molecule has 6 rings (SSSR count). The van der Waals surface area contributed by atoms with Crippen molar-refractivity contribution in [3.63, 3.8) is 0 Å². The predicted octanol–water partition coefficient (Wildman–Crippen LogP) is 9.45. The molecule has 1 atom stereocenters. The van der Waals surface area contributed by atoms with Gasteiger partial charge in [-0.05, 0) is 98.6 Å². The van der Waals surface area contributed by atoms with Gasteiger partial charge in [-0.25, -0.2) is 0 Å². The molecule has 0 radical (unpaired) electrons. The number of para-hydroxylation sites is 2. The molecule has 0 saturated heterocycles. The van der Waals surface area contributed by atoms with Crippen LogP contribution in [0.3, 0.4) is 0 Å². The number of rotatable bonds is 7. The standard InChI is InChI=1S/C36H36N2/c1-5-13-31(14-6-1)37(32-15-7-2-8-16-32)35-25-21-29(22-26-35)30-23-27-36(28-24-30)38(33-17-9-3-10-18-33)34-19-11-4-12-20-34/h1-3,5-11,13-17,19-21,23,25,27,33H,4,12,18,22,24,26,28H2. The Kier molecular flexibility index (Phi) is 7.40. The Morgan fingerprint density at radius 3 is 1.79 bits per heavy atom. The van der Waals surface area contributed by atoms with E-state index in [0.29, 0.717) is 6.04 Å². The first-order valence-electron chi connectivity index (χ1n) is 14.1. The van der Waals surface area contributed by atoms with Crippen LogP contribution < -0.4 is 4.90 Å². The van der Waals surface area contributed by atoms with Crippen molar-refractivity contribution in [1.29, 1.82) is 0 Å². The zero-order chi connectivity index (χ0) is 25.6. The summed E-state index contributed by atoms with van der Waals surface area (Å²) in [4.78, 5) is 4.98. The van der Waals surface area contributed by atoms with Crippen LogP contribution in [0, 0.1) is 0 Å². The second kappa shape index (κ2) is 11.6. The lowest BCUT2D eigenvalue weighted by molar-refractivity contribution is 0.355. The molecule has 0 heterocycles. The van der Waals surface area contributed by atoms with Crippen LogP contribution in [0.25, 0.3) is 0 Å². The van der Waals surface area contributed by atoms with E-state index < -0.39 is 0 Å². The Morgan fingerprint density at radius 2 is 1.26 bits per heavy atom. The van der Waals surface area contributed by atoms with Crippen molar-refractivity contribution in [1.82, 2.24) is 4.90 Å². The molecule has 0 aromatic heterocycles. The summed E-state index contributed by atoms with van der Waals surface area (Å²) in [5, 5.41) is 0. The molecule has 2 heteroatoms. The van der Waals surface area contributed by atoms with E-state index in [4.69, 9.17) is 0 Å². The van der Waals surface area contributed by atoms with Crippen LogP contribution in [-0.4, -0.2) is 10.9 Å². The average Bonchev–Trinajstić information content (AvgIpc) is 3.00. The first kappa shape index (κ1) is 24.3. The molecule has 2 nitrogen and oxygen atoms in total. The molecule has 0 amide bonds. The van der Waals surface area contributed by atoms with Crippen molar-refractivity contribution >= 4 is 11.4 Å². The number of allylic oxidation sites excluding steroid dienone is 13. The maximum Gasteiger partial charge on any atom is 0.0556 e. The molecular formula is C36H36N2. The lowest BCUT2D eigenvalue weighted by Crippen LogP contribution is -2.33. The van der Waals surface area contributed by atoms with E-state index in [2.05, 4.69) is 137 Å². The Labute approximate surface area is 227 Å². The first-order valence-corrected chi connectivity index (χ1v) is 14.1. The summed E-state index contributed by atoms with van der Waals surface area (Å²) in [6.07, 6.45) is 33.2. The van der Waals surface area contributed by atoms with Gasteiger partial charge in [0.05, 0.1) is 6.04 Å². The monoisotopic (exact) mass is 496 g/mol. The van der Waals surface area contributed by atoms with Crippen LogP contribution in [0.5, 0.6) is 0 Å². The largest absolute Gasteiger partial charge is 0.338 e. The predicted molar refractivity (Wildman–Crippen MR) is 161 cm³/mol. The number of hydrogen-bond donors (Lipinski definition) is 0. The van der Waals surface area contributed by atoms with Crippen molar-refractivity contribution in [2.75, 3.05) is 4.90 Å². The molecule has 0 spiro atoms. The van der Waals surface area contributed by atoms with Crippen LogP contribution in [0.4, 0.5) is 11.4 Å². The van der Waals surface area contributed by atoms with Crippen molar-refractivity contribution in [2.45, 2.75) is 51.0 Å². The maximum absolute atomic E-state index is 2.58. The fourth-order valence-corrected chi connectivity index (χ4v) is 5.92. The lowest BCUT2D eigenvalue weighted by atomic mass is 9.88. The fraction of sp³-hybridized carbons (Fsp3) is 0.222. The summed E-state index contributed by atoms with van der Waals surface area (Å²) in [6.45, 7) is 0. The van der Waals surface area contributed by atoms with Gasteiger partial charge in [-0.15, -0.1) is 0 Å². The summed E-state index contributed by atoms with van der Waals surface area (Å²) in [6, 6.07) is 21.8. The lowest BCUT2D eigenvalue weighted by Gasteiger charge is -2.37. The van der Waals surface area contributed by atoms with Crippen LogP contribution in [0.15, 0.2) is 156 Å². The van der Waals surface area contributed by atoms with Crippen molar-refractivity contribution in [3.05, 3.63) is 156 Å². The summed E-state index contributed by atoms with van der Waals surface area (Å²) in [7, 11) is 0. The minimum Gasteiger partial charge on any atom is -0.338 e. The summed E-state index contributed by atoms with van der Waals surface area (Å²) in [5.74, 6) is 0. The third kappa shape index (κ3) is 5.31. The summed E-state index contributed by atoms with van der Waals surface area (Å²) < 4.78 is 0. The zero-order valence-electron chi connectivity index (χ0n) is 22.0. The van der Waals surface area contributed by atoms with Crippen LogP contribution in [-0.2, 0) is 0 Å². The smallest absolute Gasteiger partial charge is 0.0556 e. The van der Waals surface area contributed by atoms with E-state index >= 15 is 0 Å². The van der Waals surface area contributed by atoms with Crippen LogP contribution in [0.1, 0.15) is 44.9 Å². The Hall–Kier alpha value is -4.04. The first-order chi connectivity index (χ1) is 18.9. The van der Waals surface area contributed by atoms with Gasteiger partial charge in [-0.3, -0.25) is 0 Å². The van der Waals surface area contributed by atoms with Gasteiger partial charge < -0.3 is 9.80 Å². The highest BCUT2D eigenvalue weighted by Gasteiger charge is 2.25. The topological polar surface area (TPSA) is 6.48 Å². The van der Waals surface area contributed by atoms with E-state index in [1.807, 2.05) is 0 Å². The van der Waals surface area contributed by atoms with Crippen molar-refractivity contribution < 1.29 is 0 Å². The van der Waals surface area contributed by atoms with E-state index in [1.54, 1.807) is 0 Å². The maximum atomic E-state index is 2.58. The average molecular weight is 497 g/mol. The van der Waals surface area contributed by atoms with E-state index in [1.165, 1.54) is 39.6 Å². The van der Waals surface area contributed by atoms with E-state index in [9.17, 15) is 0 Å². The van der Waals surface area contributed by atoms with Gasteiger partial charge in [0.25, 0.3) is 0 Å². The molecule has 190 valence electrons. The fourth-order valence-electron chi connectivity index (χ4n) is 5.92. The van der Waals surface area contributed by atoms with Gasteiger partial charge in [0.2, 0.25) is 0 Å². The van der Waals surface area contributed by atoms with Gasteiger partial charge in [0, 0.05) is 28.5 Å². The second-order valence-electron chi connectivity index (χ2n) is 10.3. The molecule has 1 unspecified atom stereocenters. The third-order valence-corrected chi connectivity index (χ3v) is 7.84. The van der Waals surface area contributed by atoms with Gasteiger partial charge in [0.15, 0.2) is 0 Å². The molecule has 2 aromatic carbocycles. The molecule has 0 bridgehead atoms. The van der Waals surface area contributed by atoms with Gasteiger partial charge >= 0.3 is 0 Å². The third-order valence-electron chi connectivity index (χ3n) is 7.84. The Morgan fingerprint density at radius 1 is 0.605 bits per heavy atom. The molecule has 0 N–H and O–H groups in total. The molecular weight excluding hydrogens is 460 g/mol. The molecule has 4 aliphatic carbocycles. The Bertz CT molecular complexity index is 1340. The SMILES string of the molecule is C1=CCC(N(C2=CCCC=C2)C2=CC=C(C3=CC=C(N(c4ccccc4)c4ccccc4)CC3)CC2)C=C1. The number of nitrogens with zero attached hydrogens (tertiary/aromatic N) is 2. The molecule has 0 fully saturated rings. The minimum atomic E-state index is 0.400. The van der Waals surface area contributed by atoms with Gasteiger partial charge in [0.1, 0.15) is 0 Å². The molecule has 0 saturated carbocycles. The number of anilines is 2. The van der Waals surface area contributed by atoms with E-state index in [-0.39, 0.29) is 0 Å². The van der Waals surface area contributed by atoms with Crippen LogP contribution in [0.2, 0.25) is 0 Å². The van der Waals surface area contributed by atoms with E-state index in [0.717, 1.165) is 44.9 Å². The highest BCUT2D eigenvalue weighted by Crippen LogP contribution is 2.38. The van der Waals surface area contributed by atoms with Gasteiger partial charge in [-0.1, -0.05) is 85.0 Å². The molecule has 2 aromatic rings. The number of hydrogen-bond acceptors (Lipinski definition) is 2. The minimum absolute atomic E-state index is 0.400. The second-order valence-corrected chi connectivity index (χ2v) is 10.3. The molecule has 0 aliphatic heterocycles. The zero-order valence-corrected chi connectivity index (χ0v) is 22.0. The Balaban J connectivity index is 1.25. The normalized spacial score (nSPS) is 20.6. The van der Waals surface area contributed by atoms with Gasteiger partial charge in [-0.2, -0.15) is 0 Å². The summed E-state index contributed by atoms with van der Waals surface area (Å²) in [5.41, 5.74) is 9.53. The molecule has 4 aliphatic rings. The highest BCUT2D eigenvalue weighted by atomic mass is 15.2. The quantitative estimate of drug-likeness (QED) is 0.377. The highest BCUT2D eigenvalue weighted by molar-refractivity contribution is 5.69. The van der Waals surface area contributed by atoms with Crippen molar-refractivity contribution in [3.8, 4) is 0 Å².